The monoisotopic (exact) mass is 1270 g/mol. The summed E-state index contributed by atoms with van der Waals surface area (Å²) in [5.41, 5.74) is 26.6. The van der Waals surface area contributed by atoms with E-state index in [0.717, 1.165) is 34.1 Å². The second kappa shape index (κ2) is 22.4. The van der Waals surface area contributed by atoms with E-state index < -0.39 is 0 Å². The third kappa shape index (κ3) is 10.6. The Morgan fingerprint density at radius 1 is 0.305 bits per heavy atom. The summed E-state index contributed by atoms with van der Waals surface area (Å²) in [6, 6.07) is 84.9. The van der Waals surface area contributed by atoms with Gasteiger partial charge in [0.1, 0.15) is 0 Å². The van der Waals surface area contributed by atoms with Crippen molar-refractivity contribution in [1.82, 2.24) is 0 Å². The van der Waals surface area contributed by atoms with Crippen LogP contribution in [0.5, 0.6) is 0 Å². The summed E-state index contributed by atoms with van der Waals surface area (Å²) < 4.78 is 5.03. The molecule has 11 aromatic carbocycles. The zero-order valence-electron chi connectivity index (χ0n) is 58.5. The highest BCUT2D eigenvalue weighted by atomic mass is 32.1. The van der Waals surface area contributed by atoms with Gasteiger partial charge in [0.25, 0.3) is 6.71 Å². The van der Waals surface area contributed by atoms with Crippen LogP contribution < -0.4 is 36.0 Å². The Morgan fingerprint density at radius 3 is 0.968 bits per heavy atom. The molecule has 0 fully saturated rings. The highest BCUT2D eigenvalue weighted by molar-refractivity contribution is 7.27. The first-order valence-electron chi connectivity index (χ1n) is 34.0. The Hall–Kier alpha value is -8.88. The summed E-state index contributed by atoms with van der Waals surface area (Å²) in [7, 11) is 0. The van der Waals surface area contributed by atoms with Crippen LogP contribution in [0.2, 0.25) is 0 Å². The number of hydrogen-bond donors (Lipinski definition) is 0. The van der Waals surface area contributed by atoms with Gasteiger partial charge in [-0.1, -0.05) is 224 Å². The van der Waals surface area contributed by atoms with Crippen molar-refractivity contribution in [3.63, 3.8) is 0 Å². The van der Waals surface area contributed by atoms with Crippen molar-refractivity contribution in [2.24, 2.45) is 0 Å². The molecule has 4 heterocycles. The van der Waals surface area contributed by atoms with E-state index in [2.05, 4.69) is 356 Å². The van der Waals surface area contributed by atoms with Gasteiger partial charge in [-0.15, -0.1) is 22.7 Å². The van der Waals surface area contributed by atoms with Crippen LogP contribution >= 0.6 is 22.7 Å². The zero-order chi connectivity index (χ0) is 66.6. The molecule has 0 unspecified atom stereocenters. The minimum Gasteiger partial charge on any atom is -0.310 e. The summed E-state index contributed by atoms with van der Waals surface area (Å²) in [5, 5.41) is 5.01. The molecule has 2 aliphatic rings. The van der Waals surface area contributed by atoms with Gasteiger partial charge in [-0.3, -0.25) is 0 Å². The average molecular weight is 1280 g/mol. The molecule has 0 amide bonds. The number of anilines is 12. The van der Waals surface area contributed by atoms with Crippen LogP contribution in [0.15, 0.2) is 218 Å². The molecular weight excluding hydrogens is 1190 g/mol. The predicted molar refractivity (Wildman–Crippen MR) is 419 cm³/mol. The molecular formula is C88H87BN4S2. The number of nitrogens with zero attached hydrogens (tertiary/aromatic N) is 4. The average Bonchev–Trinajstić information content (AvgIpc) is 1.33. The Morgan fingerprint density at radius 2 is 0.621 bits per heavy atom. The second-order valence-corrected chi connectivity index (χ2v) is 34.2. The van der Waals surface area contributed by atoms with Crippen molar-refractivity contribution in [3.8, 4) is 0 Å². The largest absolute Gasteiger partial charge is 0.310 e. The van der Waals surface area contributed by atoms with E-state index in [9.17, 15) is 0 Å². The number of aryl methyl sites for hydroxylation is 2. The van der Waals surface area contributed by atoms with Gasteiger partial charge in [0, 0.05) is 76.4 Å². The van der Waals surface area contributed by atoms with Crippen LogP contribution in [-0.4, -0.2) is 6.71 Å². The molecule has 2 aromatic heterocycles. The van der Waals surface area contributed by atoms with Crippen LogP contribution in [0, 0.1) is 13.8 Å². The fourth-order valence-electron chi connectivity index (χ4n) is 14.7. The van der Waals surface area contributed by atoms with E-state index in [4.69, 9.17) is 0 Å². The molecule has 0 spiro atoms. The molecule has 0 radical (unpaired) electrons. The van der Waals surface area contributed by atoms with E-state index in [1.807, 2.05) is 22.7 Å². The van der Waals surface area contributed by atoms with Crippen molar-refractivity contribution in [2.45, 2.75) is 145 Å². The first-order chi connectivity index (χ1) is 45.1. The Balaban J connectivity index is 1.04. The van der Waals surface area contributed by atoms with Crippen molar-refractivity contribution < 1.29 is 0 Å². The van der Waals surface area contributed by atoms with E-state index in [0.29, 0.717) is 0 Å². The van der Waals surface area contributed by atoms with Gasteiger partial charge in [0.05, 0.1) is 32.1 Å². The van der Waals surface area contributed by atoms with Crippen LogP contribution in [0.3, 0.4) is 0 Å². The maximum atomic E-state index is 2.70. The molecule has 0 aliphatic carbocycles. The van der Waals surface area contributed by atoms with Crippen molar-refractivity contribution >= 4 is 154 Å². The molecule has 0 saturated heterocycles. The lowest BCUT2D eigenvalue weighted by Gasteiger charge is -2.46. The standard InChI is InChI=1S/C88H87BN4S2/c1-54-26-36-61(37-27-54)90(62-38-28-55(2)29-39-62)71-46-48-73(82-79(71)65-22-18-20-24-77(65)94-82)92-69-44-34-58(86(9,10)11)50-67(69)89-68-51-59(87(12,13)14)35-45-70(68)93(76-53-60(88(15,16)17)52-75(92)81(76)89)74-49-47-72(80-66-23-19-21-25-78(66)95-83(74)80)91(63-40-30-56(31-41-63)84(3,4)5)64-42-32-57(33-43-64)85(6,7)8/h18-53H,1-17H3. The molecule has 15 rings (SSSR count). The van der Waals surface area contributed by atoms with Crippen LogP contribution in [0.25, 0.3) is 40.3 Å². The molecule has 13 aromatic rings. The van der Waals surface area contributed by atoms with Gasteiger partial charge >= 0.3 is 0 Å². The van der Waals surface area contributed by atoms with Crippen molar-refractivity contribution in [1.29, 1.82) is 0 Å². The summed E-state index contributed by atoms with van der Waals surface area (Å²) in [6.45, 7) is 39.5. The van der Waals surface area contributed by atoms with E-state index in [-0.39, 0.29) is 33.8 Å². The molecule has 95 heavy (non-hydrogen) atoms. The molecule has 4 nitrogen and oxygen atoms in total. The van der Waals surface area contributed by atoms with Gasteiger partial charge < -0.3 is 19.6 Å². The summed E-state index contributed by atoms with van der Waals surface area (Å²) in [5.74, 6) is 0. The maximum absolute atomic E-state index is 2.70. The number of hydrogen-bond acceptors (Lipinski definition) is 6. The van der Waals surface area contributed by atoms with Crippen LogP contribution in [0.1, 0.15) is 143 Å². The zero-order valence-corrected chi connectivity index (χ0v) is 60.1. The minimum atomic E-state index is -0.229. The molecule has 2 aliphatic heterocycles. The third-order valence-corrected chi connectivity index (χ3v) is 22.5. The smallest absolute Gasteiger partial charge is 0.252 e. The van der Waals surface area contributed by atoms with Crippen LogP contribution in [-0.2, 0) is 27.1 Å². The van der Waals surface area contributed by atoms with E-state index in [1.54, 1.807) is 0 Å². The molecule has 474 valence electrons. The second-order valence-electron chi connectivity index (χ2n) is 32.1. The molecule has 7 heteroatoms. The number of rotatable bonds is 8. The van der Waals surface area contributed by atoms with Gasteiger partial charge in [-0.05, 0) is 194 Å². The lowest BCUT2D eigenvalue weighted by Crippen LogP contribution is -2.61. The summed E-state index contributed by atoms with van der Waals surface area (Å²) in [4.78, 5) is 10.4. The fraction of sp³-hybridized carbons (Fsp3) is 0.250. The van der Waals surface area contributed by atoms with Gasteiger partial charge in [-0.2, -0.15) is 0 Å². The number of thiophene rings is 2. The first kappa shape index (κ1) is 62.3. The topological polar surface area (TPSA) is 13.0 Å². The van der Waals surface area contributed by atoms with Gasteiger partial charge in [0.15, 0.2) is 0 Å². The van der Waals surface area contributed by atoms with E-state index in [1.165, 1.54) is 130 Å². The van der Waals surface area contributed by atoms with Crippen molar-refractivity contribution in [3.05, 3.63) is 257 Å². The lowest BCUT2D eigenvalue weighted by atomic mass is 9.33. The maximum Gasteiger partial charge on any atom is 0.252 e. The molecule has 0 saturated carbocycles. The van der Waals surface area contributed by atoms with Gasteiger partial charge in [0.2, 0.25) is 0 Å². The molecule has 0 N–H and O–H groups in total. The highest BCUT2D eigenvalue weighted by Crippen LogP contribution is 2.56. The Bertz CT molecular complexity index is 5070. The fourth-order valence-corrected chi connectivity index (χ4v) is 17.1. The first-order valence-corrected chi connectivity index (χ1v) is 35.6. The lowest BCUT2D eigenvalue weighted by molar-refractivity contribution is 0.590. The highest BCUT2D eigenvalue weighted by Gasteiger charge is 2.46. The SMILES string of the molecule is Cc1ccc(N(c2ccc(C)cc2)c2ccc(N3c4ccc(C(C)(C)C)cc4B4c5cc(C(C)(C)C)ccc5N(c5ccc(N(c6ccc(C(C)(C)C)cc6)c6ccc(C(C)(C)C)cc6)c6c5sc5ccccc56)c5cc(C(C)(C)C)cc3c54)c3sc4ccccc4c23)cc1. The predicted octanol–water partition coefficient (Wildman–Crippen LogP) is 24.5. The number of fused-ring (bicyclic) bond motifs is 10. The Labute approximate surface area is 572 Å². The molecule has 0 bridgehead atoms. The normalized spacial score (nSPS) is 13.5. The van der Waals surface area contributed by atoms with Gasteiger partial charge in [-0.25, -0.2) is 0 Å². The quantitative estimate of drug-likeness (QED) is 0.141. The molecule has 0 atom stereocenters. The third-order valence-electron chi connectivity index (χ3n) is 20.2. The van der Waals surface area contributed by atoms with Crippen LogP contribution in [0.4, 0.5) is 68.2 Å². The minimum absolute atomic E-state index is 0.00624. The van der Waals surface area contributed by atoms with Crippen molar-refractivity contribution in [2.75, 3.05) is 19.6 Å². The number of benzene rings is 11. The summed E-state index contributed by atoms with van der Waals surface area (Å²) in [6.07, 6.45) is 0. The van der Waals surface area contributed by atoms with E-state index >= 15 is 0 Å². The summed E-state index contributed by atoms with van der Waals surface area (Å²) >= 11 is 3.84. The Kier molecular flexibility index (Phi) is 14.7.